The summed E-state index contributed by atoms with van der Waals surface area (Å²) in [6.07, 6.45) is 1.72. The molecule has 0 aliphatic rings. The Morgan fingerprint density at radius 1 is 1.30 bits per heavy atom. The number of allylic oxidation sites excluding steroid dienone is 1. The van der Waals surface area contributed by atoms with Crippen LogP contribution in [0.2, 0.25) is 5.02 Å². The molecule has 0 bridgehead atoms. The van der Waals surface area contributed by atoms with Gasteiger partial charge in [0.2, 0.25) is 5.91 Å². The maximum Gasteiger partial charge on any atom is 0.340 e. The number of aromatic nitrogens is 3. The number of rotatable bonds is 10. The zero-order valence-corrected chi connectivity index (χ0v) is 20.8. The molecular formula is C22H23ClN4O4S2. The number of methoxy groups -OCH3 is 1. The van der Waals surface area contributed by atoms with Gasteiger partial charge in [0.25, 0.3) is 0 Å². The Labute approximate surface area is 204 Å². The molecule has 0 fully saturated rings. The van der Waals surface area contributed by atoms with E-state index in [9.17, 15) is 9.59 Å². The molecule has 2 aromatic heterocycles. The van der Waals surface area contributed by atoms with Gasteiger partial charge in [-0.25, -0.2) is 4.79 Å². The predicted molar refractivity (Wildman–Crippen MR) is 130 cm³/mol. The number of esters is 1. The zero-order valence-electron chi connectivity index (χ0n) is 18.4. The number of benzene rings is 1. The SMILES string of the molecule is C=CCn1c(COc2ccc(Cl)c(C)c2)nnc1SCC(=O)Nc1sc(C)cc1C(=O)OC. The monoisotopic (exact) mass is 506 g/mol. The van der Waals surface area contributed by atoms with Crippen molar-refractivity contribution in [1.29, 1.82) is 0 Å². The molecule has 0 saturated carbocycles. The highest BCUT2D eigenvalue weighted by Crippen LogP contribution is 2.29. The average Bonchev–Trinajstić information content (AvgIpc) is 3.35. The number of nitrogens with zero attached hydrogens (tertiary/aromatic N) is 3. The highest BCUT2D eigenvalue weighted by Gasteiger charge is 2.19. The van der Waals surface area contributed by atoms with Crippen molar-refractivity contribution in [2.45, 2.75) is 32.2 Å². The van der Waals surface area contributed by atoms with E-state index < -0.39 is 5.97 Å². The van der Waals surface area contributed by atoms with E-state index in [0.717, 1.165) is 10.4 Å². The number of carbonyl (C=O) groups is 2. The van der Waals surface area contributed by atoms with Crippen molar-refractivity contribution in [2.75, 3.05) is 18.2 Å². The van der Waals surface area contributed by atoms with Crippen LogP contribution in [0.1, 0.15) is 26.6 Å². The van der Waals surface area contributed by atoms with Gasteiger partial charge in [-0.3, -0.25) is 9.36 Å². The Morgan fingerprint density at radius 3 is 2.79 bits per heavy atom. The first-order valence-corrected chi connectivity index (χ1v) is 12.0. The van der Waals surface area contributed by atoms with E-state index in [-0.39, 0.29) is 18.3 Å². The van der Waals surface area contributed by atoms with Crippen LogP contribution in [0.25, 0.3) is 0 Å². The molecule has 0 unspecified atom stereocenters. The Morgan fingerprint density at radius 2 is 2.09 bits per heavy atom. The van der Waals surface area contributed by atoms with E-state index >= 15 is 0 Å². The van der Waals surface area contributed by atoms with Crippen molar-refractivity contribution >= 4 is 51.6 Å². The molecule has 0 aliphatic heterocycles. The molecule has 0 spiro atoms. The first-order valence-electron chi connectivity index (χ1n) is 9.85. The molecule has 0 aliphatic carbocycles. The van der Waals surface area contributed by atoms with E-state index in [2.05, 4.69) is 22.1 Å². The summed E-state index contributed by atoms with van der Waals surface area (Å²) >= 11 is 8.61. The molecule has 0 atom stereocenters. The molecule has 1 N–H and O–H groups in total. The minimum Gasteiger partial charge on any atom is -0.486 e. The highest BCUT2D eigenvalue weighted by molar-refractivity contribution is 7.99. The number of thioether (sulfide) groups is 1. The Kier molecular flexibility index (Phi) is 8.54. The molecular weight excluding hydrogens is 484 g/mol. The fourth-order valence-electron chi connectivity index (χ4n) is 2.86. The molecule has 11 heteroatoms. The van der Waals surface area contributed by atoms with Crippen molar-refractivity contribution < 1.29 is 19.1 Å². The van der Waals surface area contributed by atoms with Crippen LogP contribution in [0.5, 0.6) is 5.75 Å². The Balaban J connectivity index is 1.64. The zero-order chi connectivity index (χ0) is 24.0. The molecule has 8 nitrogen and oxygen atoms in total. The summed E-state index contributed by atoms with van der Waals surface area (Å²) in [4.78, 5) is 25.3. The number of anilines is 1. The van der Waals surface area contributed by atoms with E-state index in [1.54, 1.807) is 24.3 Å². The second-order valence-electron chi connectivity index (χ2n) is 6.93. The van der Waals surface area contributed by atoms with Crippen LogP contribution in [0, 0.1) is 13.8 Å². The lowest BCUT2D eigenvalue weighted by atomic mass is 10.2. The highest BCUT2D eigenvalue weighted by atomic mass is 35.5. The molecule has 174 valence electrons. The number of nitrogens with one attached hydrogen (secondary N) is 1. The number of amides is 1. The number of halogens is 1. The van der Waals surface area contributed by atoms with Gasteiger partial charge in [-0.15, -0.1) is 28.1 Å². The van der Waals surface area contributed by atoms with Crippen LogP contribution < -0.4 is 10.1 Å². The van der Waals surface area contributed by atoms with Crippen molar-refractivity contribution in [1.82, 2.24) is 14.8 Å². The third-order valence-corrected chi connectivity index (χ3v) is 6.81. The van der Waals surface area contributed by atoms with Crippen LogP contribution in [0.3, 0.4) is 0 Å². The third-order valence-electron chi connectivity index (χ3n) is 4.45. The molecule has 2 heterocycles. The van der Waals surface area contributed by atoms with Crippen molar-refractivity contribution in [3.63, 3.8) is 0 Å². The summed E-state index contributed by atoms with van der Waals surface area (Å²) in [5, 5.41) is 12.9. The summed E-state index contributed by atoms with van der Waals surface area (Å²) in [6, 6.07) is 7.11. The van der Waals surface area contributed by atoms with Crippen LogP contribution in [0.15, 0.2) is 42.1 Å². The Hall–Kier alpha value is -2.82. The summed E-state index contributed by atoms with van der Waals surface area (Å²) in [5.74, 6) is 0.603. The number of thiophene rings is 1. The van der Waals surface area contributed by atoms with Crippen molar-refractivity contribution in [2.24, 2.45) is 0 Å². The summed E-state index contributed by atoms with van der Waals surface area (Å²) < 4.78 is 12.4. The molecule has 3 aromatic rings. The molecule has 1 amide bonds. The lowest BCUT2D eigenvalue weighted by Gasteiger charge is -2.10. The second-order valence-corrected chi connectivity index (χ2v) is 9.53. The van der Waals surface area contributed by atoms with Crippen LogP contribution in [0.4, 0.5) is 5.00 Å². The molecule has 3 rings (SSSR count). The number of aryl methyl sites for hydroxylation is 2. The minimum absolute atomic E-state index is 0.0874. The van der Waals surface area contributed by atoms with Gasteiger partial charge >= 0.3 is 5.97 Å². The maximum absolute atomic E-state index is 12.5. The molecule has 0 saturated heterocycles. The molecule has 0 radical (unpaired) electrons. The van der Waals surface area contributed by atoms with Crippen molar-refractivity contribution in [3.8, 4) is 5.75 Å². The standard InChI is InChI=1S/C22H23ClN4O4S2/c1-5-8-27-18(11-31-15-6-7-17(23)13(2)9-15)25-26-22(27)32-12-19(28)24-20-16(21(29)30-4)10-14(3)33-20/h5-7,9-10H,1,8,11-12H2,2-4H3,(H,24,28). The molecule has 33 heavy (non-hydrogen) atoms. The topological polar surface area (TPSA) is 95.3 Å². The summed E-state index contributed by atoms with van der Waals surface area (Å²) in [7, 11) is 1.30. The van der Waals surface area contributed by atoms with Crippen LogP contribution in [-0.4, -0.2) is 39.5 Å². The third kappa shape index (κ3) is 6.37. The summed E-state index contributed by atoms with van der Waals surface area (Å²) in [6.45, 7) is 8.21. The van der Waals surface area contributed by atoms with E-state index in [1.807, 2.05) is 24.5 Å². The van der Waals surface area contributed by atoms with Crippen molar-refractivity contribution in [3.05, 3.63) is 63.8 Å². The first-order chi connectivity index (χ1) is 15.8. The first kappa shape index (κ1) is 24.8. The fourth-order valence-corrected chi connectivity index (χ4v) is 4.66. The number of hydrogen-bond donors (Lipinski definition) is 1. The average molecular weight is 507 g/mol. The van der Waals surface area contributed by atoms with Crippen LogP contribution >= 0.6 is 34.7 Å². The van der Waals surface area contributed by atoms with Gasteiger partial charge in [-0.1, -0.05) is 29.4 Å². The van der Waals surface area contributed by atoms with Gasteiger partial charge in [-0.2, -0.15) is 0 Å². The minimum atomic E-state index is -0.492. The van der Waals surface area contributed by atoms with Gasteiger partial charge in [0.05, 0.1) is 18.4 Å². The van der Waals surface area contributed by atoms with E-state index in [1.165, 1.54) is 30.2 Å². The molecule has 1 aromatic carbocycles. The van der Waals surface area contributed by atoms with Gasteiger partial charge in [0.15, 0.2) is 11.0 Å². The van der Waals surface area contributed by atoms with Gasteiger partial charge in [-0.05, 0) is 43.7 Å². The van der Waals surface area contributed by atoms with E-state index in [0.29, 0.717) is 38.9 Å². The van der Waals surface area contributed by atoms with E-state index in [4.69, 9.17) is 21.1 Å². The predicted octanol–water partition coefficient (Wildman–Crippen LogP) is 4.89. The maximum atomic E-state index is 12.5. The normalized spacial score (nSPS) is 10.7. The Bertz CT molecular complexity index is 1180. The number of ether oxygens (including phenoxy) is 2. The quantitative estimate of drug-likeness (QED) is 0.237. The largest absolute Gasteiger partial charge is 0.486 e. The number of carbonyl (C=O) groups excluding carboxylic acids is 2. The van der Waals surface area contributed by atoms with Gasteiger partial charge in [0.1, 0.15) is 17.4 Å². The van der Waals surface area contributed by atoms with Crippen LogP contribution in [-0.2, 0) is 22.7 Å². The lowest BCUT2D eigenvalue weighted by molar-refractivity contribution is -0.113. The number of hydrogen-bond acceptors (Lipinski definition) is 8. The smallest absolute Gasteiger partial charge is 0.340 e. The van der Waals surface area contributed by atoms with Gasteiger partial charge < -0.3 is 14.8 Å². The fraction of sp³-hybridized carbons (Fsp3) is 0.273. The lowest BCUT2D eigenvalue weighted by Crippen LogP contribution is -2.16. The second kappa shape index (κ2) is 11.4. The summed E-state index contributed by atoms with van der Waals surface area (Å²) in [5.41, 5.74) is 1.25. The van der Waals surface area contributed by atoms with Gasteiger partial charge in [0, 0.05) is 16.4 Å².